The third kappa shape index (κ3) is 3.11. The molecule has 0 saturated carbocycles. The first-order chi connectivity index (χ1) is 12.0. The fourth-order valence-corrected chi connectivity index (χ4v) is 4.07. The monoisotopic (exact) mass is 332 g/mol. The highest BCUT2D eigenvalue weighted by Crippen LogP contribution is 2.36. The highest BCUT2D eigenvalue weighted by Gasteiger charge is 2.27. The fraction of sp³-hybridized carbons (Fsp3) is 0.391. The zero-order chi connectivity index (χ0) is 17.4. The average Bonchev–Trinajstić information content (AvgIpc) is 3.26. The maximum atomic E-state index is 3.47. The Balaban J connectivity index is 1.79. The summed E-state index contributed by atoms with van der Waals surface area (Å²) in [6, 6.07) is 18.3. The second-order valence-electron chi connectivity index (χ2n) is 8.31. The molecule has 1 saturated heterocycles. The van der Waals surface area contributed by atoms with Gasteiger partial charge in [-0.05, 0) is 54.1 Å². The molecule has 2 nitrogen and oxygen atoms in total. The number of rotatable bonds is 3. The number of nitrogens with one attached hydrogen (secondary N) is 1. The van der Waals surface area contributed by atoms with Crippen molar-refractivity contribution in [2.75, 3.05) is 13.1 Å². The van der Waals surface area contributed by atoms with E-state index in [1.807, 2.05) is 0 Å². The summed E-state index contributed by atoms with van der Waals surface area (Å²) in [6.07, 6.45) is 4.82. The third-order valence-corrected chi connectivity index (χ3v) is 5.51. The first kappa shape index (κ1) is 16.4. The molecule has 1 aliphatic heterocycles. The standard InChI is InChI=1S/C23H28N2/c1-23(2,3)18-12-10-17(11-13-18)22(25-14-6-7-15-25)20-16-24-21-9-5-4-8-19(20)21/h4-5,8-13,16,22,24H,6-7,14-15H2,1-3H3. The molecule has 25 heavy (non-hydrogen) atoms. The van der Waals surface area contributed by atoms with Gasteiger partial charge in [-0.1, -0.05) is 63.2 Å². The number of hydrogen-bond donors (Lipinski definition) is 1. The summed E-state index contributed by atoms with van der Waals surface area (Å²) in [5.41, 5.74) is 5.63. The summed E-state index contributed by atoms with van der Waals surface area (Å²) in [5, 5.41) is 1.35. The molecule has 1 atom stereocenters. The number of likely N-dealkylation sites (tertiary alicyclic amines) is 1. The van der Waals surface area contributed by atoms with E-state index < -0.39 is 0 Å². The number of benzene rings is 2. The number of fused-ring (bicyclic) bond motifs is 1. The number of aromatic nitrogens is 1. The molecule has 0 radical (unpaired) electrons. The molecule has 4 rings (SSSR count). The van der Waals surface area contributed by atoms with Gasteiger partial charge in [0.05, 0.1) is 6.04 Å². The van der Waals surface area contributed by atoms with Gasteiger partial charge in [0.25, 0.3) is 0 Å². The van der Waals surface area contributed by atoms with Crippen LogP contribution in [-0.4, -0.2) is 23.0 Å². The molecule has 2 heteroatoms. The molecule has 130 valence electrons. The largest absolute Gasteiger partial charge is 0.361 e. The lowest BCUT2D eigenvalue weighted by Gasteiger charge is -2.29. The van der Waals surface area contributed by atoms with E-state index in [0.29, 0.717) is 6.04 Å². The van der Waals surface area contributed by atoms with Crippen molar-refractivity contribution < 1.29 is 0 Å². The SMILES string of the molecule is CC(C)(C)c1ccc(C(c2c[nH]c3ccccc23)N2CCCC2)cc1. The van der Waals surface area contributed by atoms with E-state index in [1.165, 1.54) is 53.5 Å². The molecule has 0 spiro atoms. The van der Waals surface area contributed by atoms with Crippen molar-refractivity contribution in [3.63, 3.8) is 0 Å². The number of H-pyrrole nitrogens is 1. The van der Waals surface area contributed by atoms with Crippen molar-refractivity contribution in [1.29, 1.82) is 0 Å². The smallest absolute Gasteiger partial charge is 0.0622 e. The fourth-order valence-electron chi connectivity index (χ4n) is 4.07. The molecule has 2 aromatic carbocycles. The predicted molar refractivity (Wildman–Crippen MR) is 106 cm³/mol. The van der Waals surface area contributed by atoms with E-state index in [9.17, 15) is 0 Å². The Morgan fingerprint density at radius 1 is 0.920 bits per heavy atom. The van der Waals surface area contributed by atoms with Crippen LogP contribution in [0, 0.1) is 0 Å². The van der Waals surface area contributed by atoms with E-state index in [2.05, 4.69) is 85.4 Å². The molecular formula is C23H28N2. The van der Waals surface area contributed by atoms with Gasteiger partial charge < -0.3 is 4.98 Å². The summed E-state index contributed by atoms with van der Waals surface area (Å²) < 4.78 is 0. The molecule has 1 unspecified atom stereocenters. The van der Waals surface area contributed by atoms with Crippen LogP contribution in [0.2, 0.25) is 0 Å². The Kier molecular flexibility index (Phi) is 4.16. The lowest BCUT2D eigenvalue weighted by molar-refractivity contribution is 0.282. The van der Waals surface area contributed by atoms with Gasteiger partial charge in [-0.2, -0.15) is 0 Å². The topological polar surface area (TPSA) is 19.0 Å². The molecule has 1 N–H and O–H groups in total. The van der Waals surface area contributed by atoms with Gasteiger partial charge in [0.15, 0.2) is 0 Å². The second-order valence-corrected chi connectivity index (χ2v) is 8.31. The van der Waals surface area contributed by atoms with Crippen molar-refractivity contribution >= 4 is 10.9 Å². The Bertz CT molecular complexity index is 846. The minimum absolute atomic E-state index is 0.197. The van der Waals surface area contributed by atoms with Crippen LogP contribution < -0.4 is 0 Å². The zero-order valence-corrected chi connectivity index (χ0v) is 15.5. The lowest BCUT2D eigenvalue weighted by Crippen LogP contribution is -2.26. The molecule has 0 bridgehead atoms. The van der Waals surface area contributed by atoms with E-state index in [0.717, 1.165) is 0 Å². The highest BCUT2D eigenvalue weighted by atomic mass is 15.2. The van der Waals surface area contributed by atoms with Gasteiger partial charge >= 0.3 is 0 Å². The van der Waals surface area contributed by atoms with Crippen molar-refractivity contribution in [1.82, 2.24) is 9.88 Å². The Morgan fingerprint density at radius 3 is 2.28 bits per heavy atom. The minimum Gasteiger partial charge on any atom is -0.361 e. The minimum atomic E-state index is 0.197. The summed E-state index contributed by atoms with van der Waals surface area (Å²) >= 11 is 0. The molecule has 0 aliphatic carbocycles. The Morgan fingerprint density at radius 2 is 1.60 bits per heavy atom. The van der Waals surface area contributed by atoms with Gasteiger partial charge in [-0.15, -0.1) is 0 Å². The molecular weight excluding hydrogens is 304 g/mol. The zero-order valence-electron chi connectivity index (χ0n) is 15.5. The first-order valence-corrected chi connectivity index (χ1v) is 9.44. The first-order valence-electron chi connectivity index (χ1n) is 9.44. The molecule has 3 aromatic rings. The summed E-state index contributed by atoms with van der Waals surface area (Å²) in [4.78, 5) is 6.11. The van der Waals surface area contributed by atoms with Crippen molar-refractivity contribution in [3.8, 4) is 0 Å². The van der Waals surface area contributed by atoms with Crippen LogP contribution in [0.15, 0.2) is 54.7 Å². The third-order valence-electron chi connectivity index (χ3n) is 5.51. The van der Waals surface area contributed by atoms with Crippen LogP contribution in [0.3, 0.4) is 0 Å². The second kappa shape index (κ2) is 6.34. The van der Waals surface area contributed by atoms with Gasteiger partial charge in [-0.3, -0.25) is 4.90 Å². The van der Waals surface area contributed by atoms with E-state index in [1.54, 1.807) is 0 Å². The van der Waals surface area contributed by atoms with Gasteiger partial charge in [0.1, 0.15) is 0 Å². The van der Waals surface area contributed by atoms with Crippen LogP contribution in [-0.2, 0) is 5.41 Å². The molecule has 1 aliphatic rings. The van der Waals surface area contributed by atoms with Crippen molar-refractivity contribution in [3.05, 3.63) is 71.4 Å². The van der Waals surface area contributed by atoms with Crippen LogP contribution >= 0.6 is 0 Å². The van der Waals surface area contributed by atoms with Gasteiger partial charge in [-0.25, -0.2) is 0 Å². The summed E-state index contributed by atoms with van der Waals surface area (Å²) in [5.74, 6) is 0. The molecule has 1 aromatic heterocycles. The molecule has 0 amide bonds. The van der Waals surface area contributed by atoms with Gasteiger partial charge in [0, 0.05) is 17.1 Å². The Labute approximate surface area is 150 Å². The van der Waals surface area contributed by atoms with E-state index in [-0.39, 0.29) is 5.41 Å². The molecule has 1 fully saturated rings. The normalized spacial score (nSPS) is 17.2. The van der Waals surface area contributed by atoms with Crippen LogP contribution in [0.25, 0.3) is 10.9 Å². The Hall–Kier alpha value is -2.06. The quantitative estimate of drug-likeness (QED) is 0.656. The number of aromatic amines is 1. The van der Waals surface area contributed by atoms with Crippen LogP contribution in [0.5, 0.6) is 0 Å². The predicted octanol–water partition coefficient (Wildman–Crippen LogP) is 5.65. The van der Waals surface area contributed by atoms with Gasteiger partial charge in [0.2, 0.25) is 0 Å². The van der Waals surface area contributed by atoms with Crippen LogP contribution in [0.4, 0.5) is 0 Å². The maximum Gasteiger partial charge on any atom is 0.0622 e. The maximum absolute atomic E-state index is 3.47. The van der Waals surface area contributed by atoms with E-state index in [4.69, 9.17) is 0 Å². The highest BCUT2D eigenvalue weighted by molar-refractivity contribution is 5.84. The number of nitrogens with zero attached hydrogens (tertiary/aromatic N) is 1. The van der Waals surface area contributed by atoms with Crippen LogP contribution in [0.1, 0.15) is 56.3 Å². The average molecular weight is 332 g/mol. The summed E-state index contributed by atoms with van der Waals surface area (Å²) in [6.45, 7) is 9.20. The van der Waals surface area contributed by atoms with Crippen molar-refractivity contribution in [2.45, 2.75) is 45.1 Å². The number of para-hydroxylation sites is 1. The lowest BCUT2D eigenvalue weighted by atomic mass is 9.85. The summed E-state index contributed by atoms with van der Waals surface area (Å²) in [7, 11) is 0. The van der Waals surface area contributed by atoms with E-state index >= 15 is 0 Å². The molecule has 2 heterocycles. The van der Waals surface area contributed by atoms with Crippen molar-refractivity contribution in [2.24, 2.45) is 0 Å². The number of hydrogen-bond acceptors (Lipinski definition) is 1.